The van der Waals surface area contributed by atoms with Crippen LogP contribution < -0.4 is 22.7 Å². The summed E-state index contributed by atoms with van der Waals surface area (Å²) < 4.78 is 0. The number of carbonyl (C=O) groups excluding carboxylic acids is 1. The van der Waals surface area contributed by atoms with Crippen LogP contribution in [-0.4, -0.2) is 30.4 Å². The van der Waals surface area contributed by atoms with Gasteiger partial charge in [0.05, 0.1) is 18.5 Å². The van der Waals surface area contributed by atoms with Crippen molar-refractivity contribution in [2.45, 2.75) is 59.3 Å². The van der Waals surface area contributed by atoms with Crippen LogP contribution in [0.15, 0.2) is 24.3 Å². The quantitative estimate of drug-likeness (QED) is 0.324. The lowest BCUT2D eigenvalue weighted by Gasteiger charge is -2.27. The van der Waals surface area contributed by atoms with Crippen molar-refractivity contribution in [2.75, 3.05) is 30.4 Å². The maximum Gasteiger partial charge on any atom is 0.199 e. The van der Waals surface area contributed by atoms with E-state index in [2.05, 4.69) is 20.8 Å². The first-order valence-corrected chi connectivity index (χ1v) is 11.8. The lowest BCUT2D eigenvalue weighted by molar-refractivity contribution is -0.0000130. The lowest BCUT2D eigenvalue weighted by Crippen LogP contribution is -3.00. The third-order valence-corrected chi connectivity index (χ3v) is 9.42. The van der Waals surface area contributed by atoms with Gasteiger partial charge in [0.2, 0.25) is 0 Å². The zero-order valence-electron chi connectivity index (χ0n) is 15.7. The van der Waals surface area contributed by atoms with Crippen LogP contribution in [0, 0.1) is 0 Å². The van der Waals surface area contributed by atoms with Crippen molar-refractivity contribution in [3.8, 4) is 0 Å². The van der Waals surface area contributed by atoms with Gasteiger partial charge in [-0.25, -0.2) is 0 Å². The normalized spacial score (nSPS) is 11.1. The Morgan fingerprint density at radius 3 is 1.67 bits per heavy atom. The molecule has 1 aromatic carbocycles. The van der Waals surface area contributed by atoms with Crippen LogP contribution >= 0.6 is 7.26 Å². The van der Waals surface area contributed by atoms with Gasteiger partial charge < -0.3 is 22.7 Å². The standard InChI is InChI=1S/C20H34NOP.BrH/c1-4-7-14-23(15-8-5-2,16-9-6-3)17-20(22)18-10-12-19(21)13-11-18;/h10-13H,4-9,14-17H2,1-3H3,(H-,21,22);1H. The van der Waals surface area contributed by atoms with Crippen LogP contribution in [0.3, 0.4) is 0 Å². The molecule has 0 radical (unpaired) electrons. The molecule has 0 saturated heterocycles. The minimum atomic E-state index is -1.16. The molecule has 0 unspecified atom stereocenters. The zero-order valence-corrected chi connectivity index (χ0v) is 18.2. The van der Waals surface area contributed by atoms with E-state index in [1.807, 2.05) is 24.3 Å². The number of Topliss-reactive ketones (excluding diaryl/α,β-unsaturated/α-hetero) is 1. The monoisotopic (exact) mass is 415 g/mol. The number of ketones is 1. The first kappa shape index (κ1) is 23.6. The smallest absolute Gasteiger partial charge is 0.199 e. The molecule has 4 heteroatoms. The average Bonchev–Trinajstić information content (AvgIpc) is 2.56. The summed E-state index contributed by atoms with van der Waals surface area (Å²) in [6, 6.07) is 7.48. The van der Waals surface area contributed by atoms with Crippen molar-refractivity contribution < 1.29 is 21.8 Å². The summed E-state index contributed by atoms with van der Waals surface area (Å²) in [6.07, 6.45) is 12.2. The number of rotatable bonds is 12. The second-order valence-electron chi connectivity index (χ2n) is 6.78. The van der Waals surface area contributed by atoms with Gasteiger partial charge in [-0.3, -0.25) is 4.79 Å². The second-order valence-corrected chi connectivity index (χ2v) is 11.1. The summed E-state index contributed by atoms with van der Waals surface area (Å²) in [5, 5.41) is 0. The molecule has 1 rings (SSSR count). The summed E-state index contributed by atoms with van der Waals surface area (Å²) in [6.45, 7) is 6.78. The SMILES string of the molecule is CCCC[P+](CCCC)(CCCC)CC(=O)c1ccc(N)cc1.[Br-]. The molecule has 0 aromatic heterocycles. The van der Waals surface area contributed by atoms with E-state index >= 15 is 0 Å². The average molecular weight is 416 g/mol. The fourth-order valence-corrected chi connectivity index (χ4v) is 8.02. The Morgan fingerprint density at radius 1 is 0.875 bits per heavy atom. The highest BCUT2D eigenvalue weighted by Crippen LogP contribution is 2.60. The van der Waals surface area contributed by atoms with Gasteiger partial charge in [0.1, 0.15) is 6.16 Å². The van der Waals surface area contributed by atoms with Gasteiger partial charge in [-0.05, 0) is 43.5 Å². The third-order valence-electron chi connectivity index (χ3n) is 4.67. The zero-order chi connectivity index (χ0) is 17.1. The fourth-order valence-electron chi connectivity index (χ4n) is 3.12. The molecule has 2 nitrogen and oxygen atoms in total. The molecule has 0 aliphatic carbocycles. The number of halogens is 1. The van der Waals surface area contributed by atoms with Gasteiger partial charge in [-0.2, -0.15) is 0 Å². The number of hydrogen-bond donors (Lipinski definition) is 1. The molecule has 0 aliphatic rings. The fraction of sp³-hybridized carbons (Fsp3) is 0.650. The minimum absolute atomic E-state index is 0. The van der Waals surface area contributed by atoms with Gasteiger partial charge in [0.15, 0.2) is 5.78 Å². The van der Waals surface area contributed by atoms with Crippen molar-refractivity contribution in [3.63, 3.8) is 0 Å². The minimum Gasteiger partial charge on any atom is -1.00 e. The van der Waals surface area contributed by atoms with Crippen molar-refractivity contribution in [1.29, 1.82) is 0 Å². The molecule has 24 heavy (non-hydrogen) atoms. The van der Waals surface area contributed by atoms with E-state index in [4.69, 9.17) is 5.73 Å². The van der Waals surface area contributed by atoms with E-state index in [0.29, 0.717) is 5.78 Å². The van der Waals surface area contributed by atoms with Crippen molar-refractivity contribution in [3.05, 3.63) is 29.8 Å². The highest BCUT2D eigenvalue weighted by Gasteiger charge is 2.38. The molecule has 0 aliphatic heterocycles. The lowest BCUT2D eigenvalue weighted by atomic mass is 10.1. The first-order valence-electron chi connectivity index (χ1n) is 9.30. The van der Waals surface area contributed by atoms with E-state index < -0.39 is 7.26 Å². The van der Waals surface area contributed by atoms with Crippen molar-refractivity contribution >= 4 is 18.7 Å². The molecule has 1 aromatic rings. The summed E-state index contributed by atoms with van der Waals surface area (Å²) in [5.74, 6) is 0.335. The van der Waals surface area contributed by atoms with Gasteiger partial charge in [-0.15, -0.1) is 0 Å². The summed E-state index contributed by atoms with van der Waals surface area (Å²) in [7, 11) is -1.16. The Hall–Kier alpha value is -0.400. The Morgan fingerprint density at radius 2 is 1.29 bits per heavy atom. The van der Waals surface area contributed by atoms with Crippen LogP contribution in [0.25, 0.3) is 0 Å². The molecule has 0 spiro atoms. The van der Waals surface area contributed by atoms with E-state index in [1.165, 1.54) is 57.0 Å². The van der Waals surface area contributed by atoms with Gasteiger partial charge in [-0.1, -0.05) is 40.0 Å². The summed E-state index contributed by atoms with van der Waals surface area (Å²) in [5.41, 5.74) is 7.32. The van der Waals surface area contributed by atoms with Crippen LogP contribution in [0.1, 0.15) is 69.7 Å². The van der Waals surface area contributed by atoms with E-state index in [1.54, 1.807) is 0 Å². The summed E-state index contributed by atoms with van der Waals surface area (Å²) in [4.78, 5) is 12.8. The van der Waals surface area contributed by atoms with Gasteiger partial charge in [0, 0.05) is 18.5 Å². The maximum absolute atomic E-state index is 12.8. The van der Waals surface area contributed by atoms with E-state index in [-0.39, 0.29) is 17.0 Å². The second kappa shape index (κ2) is 12.9. The molecule has 0 atom stereocenters. The van der Waals surface area contributed by atoms with Gasteiger partial charge in [0.25, 0.3) is 0 Å². The Bertz CT molecular complexity index is 439. The van der Waals surface area contributed by atoms with Crippen LogP contribution in [0.2, 0.25) is 0 Å². The number of nitrogen functional groups attached to an aromatic ring is 1. The molecule has 0 saturated carbocycles. The molecule has 0 fully saturated rings. The Kier molecular flexibility index (Phi) is 12.7. The van der Waals surface area contributed by atoms with Crippen LogP contribution in [0.5, 0.6) is 0 Å². The van der Waals surface area contributed by atoms with Crippen LogP contribution in [-0.2, 0) is 0 Å². The highest BCUT2D eigenvalue weighted by molar-refractivity contribution is 7.76. The molecular formula is C20H35BrNOP. The number of hydrogen-bond acceptors (Lipinski definition) is 2. The Balaban J connectivity index is 0.00000529. The Labute approximate surface area is 160 Å². The molecular weight excluding hydrogens is 381 g/mol. The molecule has 0 amide bonds. The number of anilines is 1. The number of nitrogens with two attached hydrogens (primary N) is 1. The number of benzene rings is 1. The number of unbranched alkanes of at least 4 members (excludes halogenated alkanes) is 3. The van der Waals surface area contributed by atoms with E-state index in [0.717, 1.165) is 17.4 Å². The molecule has 0 bridgehead atoms. The first-order chi connectivity index (χ1) is 11.1. The third kappa shape index (κ3) is 8.12. The predicted octanol–water partition coefficient (Wildman–Crippen LogP) is 2.87. The summed E-state index contributed by atoms with van der Waals surface area (Å²) >= 11 is 0. The number of carbonyl (C=O) groups is 1. The molecule has 0 heterocycles. The molecule has 138 valence electrons. The maximum atomic E-state index is 12.8. The van der Waals surface area contributed by atoms with Crippen molar-refractivity contribution in [1.82, 2.24) is 0 Å². The van der Waals surface area contributed by atoms with Crippen molar-refractivity contribution in [2.24, 2.45) is 0 Å². The van der Waals surface area contributed by atoms with Gasteiger partial charge >= 0.3 is 0 Å². The molecule has 2 N–H and O–H groups in total. The predicted molar refractivity (Wildman–Crippen MR) is 106 cm³/mol. The van der Waals surface area contributed by atoms with Crippen LogP contribution in [0.4, 0.5) is 5.69 Å². The topological polar surface area (TPSA) is 43.1 Å². The van der Waals surface area contributed by atoms with E-state index in [9.17, 15) is 4.79 Å². The highest BCUT2D eigenvalue weighted by atomic mass is 79.9. The largest absolute Gasteiger partial charge is 1.00 e.